The van der Waals surface area contributed by atoms with Crippen LogP contribution in [0.2, 0.25) is 0 Å². The van der Waals surface area contributed by atoms with Crippen LogP contribution in [0.4, 0.5) is 0 Å². The van der Waals surface area contributed by atoms with Crippen LogP contribution < -0.4 is 0 Å². The van der Waals surface area contributed by atoms with Crippen molar-refractivity contribution in [2.24, 2.45) is 0 Å². The molecule has 2 rings (SSSR count). The standard InChI is InChI=1S/C15H12O4/c1-8(7-16)13(17)12-9(2)14(18)10-5-3-4-6-11(10)15(12)19/h3-6,16-17H,1-2,7H2/b13-12-. The fourth-order valence-electron chi connectivity index (χ4n) is 1.93. The summed E-state index contributed by atoms with van der Waals surface area (Å²) in [5.74, 6) is -1.39. The molecule has 0 saturated heterocycles. The predicted octanol–water partition coefficient (Wildman–Crippen LogP) is 1.98. The van der Waals surface area contributed by atoms with E-state index in [9.17, 15) is 14.7 Å². The summed E-state index contributed by atoms with van der Waals surface area (Å²) in [5.41, 5.74) is 0.172. The molecule has 0 radical (unpaired) electrons. The van der Waals surface area contributed by atoms with Crippen molar-refractivity contribution in [3.63, 3.8) is 0 Å². The van der Waals surface area contributed by atoms with E-state index >= 15 is 0 Å². The van der Waals surface area contributed by atoms with Crippen LogP contribution in [-0.4, -0.2) is 28.4 Å². The number of carbonyl (C=O) groups excluding carboxylic acids is 2. The molecule has 0 unspecified atom stereocenters. The maximum Gasteiger partial charge on any atom is 0.198 e. The van der Waals surface area contributed by atoms with Gasteiger partial charge in [0.05, 0.1) is 12.2 Å². The molecule has 96 valence electrons. The van der Waals surface area contributed by atoms with Crippen molar-refractivity contribution in [2.75, 3.05) is 6.61 Å². The van der Waals surface area contributed by atoms with Crippen molar-refractivity contribution in [1.29, 1.82) is 0 Å². The van der Waals surface area contributed by atoms with Crippen LogP contribution in [0.3, 0.4) is 0 Å². The van der Waals surface area contributed by atoms with Gasteiger partial charge in [-0.15, -0.1) is 0 Å². The fourth-order valence-corrected chi connectivity index (χ4v) is 1.93. The number of allylic oxidation sites excluding steroid dienone is 2. The van der Waals surface area contributed by atoms with Gasteiger partial charge in [0.25, 0.3) is 0 Å². The monoisotopic (exact) mass is 256 g/mol. The lowest BCUT2D eigenvalue weighted by atomic mass is 9.81. The zero-order chi connectivity index (χ0) is 14.2. The summed E-state index contributed by atoms with van der Waals surface area (Å²) in [6.45, 7) is 6.48. The average molecular weight is 256 g/mol. The third-order valence-electron chi connectivity index (χ3n) is 2.98. The number of aliphatic hydroxyl groups is 2. The van der Waals surface area contributed by atoms with Gasteiger partial charge < -0.3 is 10.2 Å². The molecule has 0 saturated carbocycles. The van der Waals surface area contributed by atoms with Crippen molar-refractivity contribution >= 4 is 11.6 Å². The smallest absolute Gasteiger partial charge is 0.198 e. The number of rotatable bonds is 2. The van der Waals surface area contributed by atoms with Crippen molar-refractivity contribution < 1.29 is 19.8 Å². The van der Waals surface area contributed by atoms with E-state index in [1.807, 2.05) is 0 Å². The Bertz CT molecular complexity index is 650. The summed E-state index contributed by atoms with van der Waals surface area (Å²) in [6.07, 6.45) is 0. The highest BCUT2D eigenvalue weighted by Crippen LogP contribution is 2.31. The second kappa shape index (κ2) is 4.66. The maximum atomic E-state index is 12.3. The number of ketones is 2. The van der Waals surface area contributed by atoms with E-state index < -0.39 is 23.9 Å². The van der Waals surface area contributed by atoms with E-state index in [2.05, 4.69) is 13.2 Å². The molecule has 1 aliphatic rings. The number of hydrogen-bond acceptors (Lipinski definition) is 4. The third kappa shape index (κ3) is 1.92. The van der Waals surface area contributed by atoms with Crippen LogP contribution in [0.25, 0.3) is 0 Å². The first-order valence-corrected chi connectivity index (χ1v) is 5.59. The summed E-state index contributed by atoms with van der Waals surface area (Å²) >= 11 is 0. The molecule has 0 atom stereocenters. The summed E-state index contributed by atoms with van der Waals surface area (Å²) in [7, 11) is 0. The first-order valence-electron chi connectivity index (χ1n) is 5.59. The van der Waals surface area contributed by atoms with E-state index in [0.717, 1.165) is 0 Å². The van der Waals surface area contributed by atoms with Crippen molar-refractivity contribution in [3.05, 3.63) is 71.0 Å². The molecule has 1 aromatic rings. The largest absolute Gasteiger partial charge is 0.507 e. The average Bonchev–Trinajstić information content (AvgIpc) is 2.44. The third-order valence-corrected chi connectivity index (χ3v) is 2.98. The predicted molar refractivity (Wildman–Crippen MR) is 70.1 cm³/mol. The molecule has 2 N–H and O–H groups in total. The van der Waals surface area contributed by atoms with Gasteiger partial charge in [0.1, 0.15) is 5.76 Å². The molecule has 1 aliphatic carbocycles. The summed E-state index contributed by atoms with van der Waals surface area (Å²) < 4.78 is 0. The Morgan fingerprint density at radius 2 is 1.63 bits per heavy atom. The van der Waals surface area contributed by atoms with Gasteiger partial charge in [0, 0.05) is 22.3 Å². The molecule has 4 nitrogen and oxygen atoms in total. The highest BCUT2D eigenvalue weighted by molar-refractivity contribution is 6.31. The molecule has 0 bridgehead atoms. The van der Waals surface area contributed by atoms with Gasteiger partial charge in [-0.1, -0.05) is 37.4 Å². The van der Waals surface area contributed by atoms with E-state index in [1.54, 1.807) is 12.1 Å². The topological polar surface area (TPSA) is 74.6 Å². The van der Waals surface area contributed by atoms with E-state index in [0.29, 0.717) is 0 Å². The van der Waals surface area contributed by atoms with Gasteiger partial charge in [0.2, 0.25) is 0 Å². The second-order valence-corrected chi connectivity index (χ2v) is 4.17. The van der Waals surface area contributed by atoms with Crippen molar-refractivity contribution in [3.8, 4) is 0 Å². The first kappa shape index (κ1) is 13.0. The Morgan fingerprint density at radius 1 is 1.11 bits per heavy atom. The van der Waals surface area contributed by atoms with Crippen LogP contribution in [0.5, 0.6) is 0 Å². The second-order valence-electron chi connectivity index (χ2n) is 4.17. The fraction of sp³-hybridized carbons (Fsp3) is 0.0667. The quantitative estimate of drug-likeness (QED) is 0.626. The summed E-state index contributed by atoms with van der Waals surface area (Å²) in [5, 5.41) is 18.9. The molecular formula is C15H12O4. The Labute approximate surface area is 110 Å². The number of aliphatic hydroxyl groups excluding tert-OH is 2. The highest BCUT2D eigenvalue weighted by Gasteiger charge is 2.33. The Hall–Kier alpha value is -2.46. The number of hydrogen-bond donors (Lipinski definition) is 2. The van der Waals surface area contributed by atoms with Crippen molar-refractivity contribution in [1.82, 2.24) is 0 Å². The van der Waals surface area contributed by atoms with Crippen LogP contribution in [-0.2, 0) is 0 Å². The van der Waals surface area contributed by atoms with Gasteiger partial charge in [-0.05, 0) is 0 Å². The van der Waals surface area contributed by atoms with Crippen LogP contribution in [0.1, 0.15) is 20.7 Å². The minimum atomic E-state index is -0.508. The highest BCUT2D eigenvalue weighted by atomic mass is 16.3. The lowest BCUT2D eigenvalue weighted by molar-refractivity contribution is 0.0969. The first-order chi connectivity index (χ1) is 8.99. The Balaban J connectivity index is 2.69. The van der Waals surface area contributed by atoms with Crippen LogP contribution >= 0.6 is 0 Å². The van der Waals surface area contributed by atoms with E-state index in [-0.39, 0.29) is 27.8 Å². The number of carbonyl (C=O) groups is 2. The minimum absolute atomic E-state index is 0.0309. The maximum absolute atomic E-state index is 12.3. The number of benzene rings is 1. The van der Waals surface area contributed by atoms with Gasteiger partial charge in [0.15, 0.2) is 11.6 Å². The SMILES string of the molecule is C=C(CO)/C(O)=C1\C(=C)C(=O)c2ccccc2C1=O. The van der Waals surface area contributed by atoms with Gasteiger partial charge in [-0.25, -0.2) is 0 Å². The number of Topliss-reactive ketones (excluding diaryl/α,β-unsaturated/α-hetero) is 2. The molecule has 0 aromatic heterocycles. The van der Waals surface area contributed by atoms with Gasteiger partial charge in [-0.2, -0.15) is 0 Å². The van der Waals surface area contributed by atoms with E-state index in [1.165, 1.54) is 12.1 Å². The molecule has 0 fully saturated rings. The lowest BCUT2D eigenvalue weighted by Gasteiger charge is -2.19. The van der Waals surface area contributed by atoms with Gasteiger partial charge in [-0.3, -0.25) is 9.59 Å². The zero-order valence-corrected chi connectivity index (χ0v) is 10.1. The molecular weight excluding hydrogens is 244 g/mol. The molecule has 4 heteroatoms. The summed E-state index contributed by atoms with van der Waals surface area (Å²) in [6, 6.07) is 6.33. The lowest BCUT2D eigenvalue weighted by Crippen LogP contribution is -2.24. The summed E-state index contributed by atoms with van der Waals surface area (Å²) in [4.78, 5) is 24.4. The van der Waals surface area contributed by atoms with Crippen LogP contribution in [0, 0.1) is 0 Å². The zero-order valence-electron chi connectivity index (χ0n) is 10.1. The minimum Gasteiger partial charge on any atom is -0.507 e. The van der Waals surface area contributed by atoms with Gasteiger partial charge >= 0.3 is 0 Å². The normalized spacial score (nSPS) is 17.2. The molecule has 0 heterocycles. The molecule has 0 spiro atoms. The molecule has 0 amide bonds. The van der Waals surface area contributed by atoms with E-state index in [4.69, 9.17) is 5.11 Å². The molecule has 19 heavy (non-hydrogen) atoms. The van der Waals surface area contributed by atoms with Crippen molar-refractivity contribution in [2.45, 2.75) is 0 Å². The Morgan fingerprint density at radius 3 is 2.16 bits per heavy atom. The van der Waals surface area contributed by atoms with Crippen LogP contribution in [0.15, 0.2) is 59.9 Å². The number of fused-ring (bicyclic) bond motifs is 1. The Kier molecular flexibility index (Phi) is 3.19. The molecule has 0 aliphatic heterocycles. The molecule has 1 aromatic carbocycles.